The summed E-state index contributed by atoms with van der Waals surface area (Å²) in [6.07, 6.45) is -0.106. The van der Waals surface area contributed by atoms with E-state index in [0.717, 1.165) is 0 Å². The number of hydrogen-bond acceptors (Lipinski definition) is 6. The third-order valence-corrected chi connectivity index (χ3v) is 4.18. The number of carbonyl (C=O) groups excluding carboxylic acids is 1. The van der Waals surface area contributed by atoms with Crippen molar-refractivity contribution in [1.82, 2.24) is 4.98 Å². The molecule has 17 heavy (non-hydrogen) atoms. The van der Waals surface area contributed by atoms with E-state index in [1.165, 1.54) is 23.1 Å². The first-order valence-corrected chi connectivity index (χ1v) is 6.78. The standard InChI is InChI=1S/C9H12NO4PS2/c1-9(2,7(13)14-15)17-8-10-5(4-16-8)3-6(11)12/h4H,3,15H2,1-2H3,(H,11,12). The van der Waals surface area contributed by atoms with Crippen molar-refractivity contribution < 1.29 is 19.2 Å². The second-order valence-corrected chi connectivity index (χ2v) is 6.66. The van der Waals surface area contributed by atoms with E-state index in [1.54, 1.807) is 19.2 Å². The minimum Gasteiger partial charge on any atom is -0.481 e. The molecule has 1 aromatic rings. The molecule has 1 aromatic heterocycles. The highest BCUT2D eigenvalue weighted by molar-refractivity contribution is 8.03. The summed E-state index contributed by atoms with van der Waals surface area (Å²) in [6, 6.07) is 0. The molecule has 0 aliphatic carbocycles. The molecular weight excluding hydrogens is 281 g/mol. The lowest BCUT2D eigenvalue weighted by Crippen LogP contribution is -2.27. The number of aromatic nitrogens is 1. The highest BCUT2D eigenvalue weighted by Crippen LogP contribution is 2.35. The van der Waals surface area contributed by atoms with Gasteiger partial charge < -0.3 is 9.63 Å². The normalized spacial score (nSPS) is 11.2. The largest absolute Gasteiger partial charge is 0.481 e. The van der Waals surface area contributed by atoms with Crippen molar-refractivity contribution in [1.29, 1.82) is 0 Å². The Hall–Kier alpha value is -0.650. The average Bonchev–Trinajstić information content (AvgIpc) is 2.62. The number of hydrogen-bond donors (Lipinski definition) is 1. The van der Waals surface area contributed by atoms with E-state index in [1.807, 2.05) is 9.47 Å². The summed E-state index contributed by atoms with van der Waals surface area (Å²) >= 11 is 2.57. The van der Waals surface area contributed by atoms with Crippen LogP contribution in [-0.4, -0.2) is 26.8 Å². The minimum absolute atomic E-state index is 0.106. The van der Waals surface area contributed by atoms with Gasteiger partial charge in [-0.2, -0.15) is 0 Å². The molecule has 8 heteroatoms. The summed E-state index contributed by atoms with van der Waals surface area (Å²) in [7, 11) is 1.92. The molecular formula is C9H12NO4PS2. The van der Waals surface area contributed by atoms with E-state index in [0.29, 0.717) is 10.0 Å². The molecule has 0 saturated carbocycles. The maximum atomic E-state index is 11.4. The summed E-state index contributed by atoms with van der Waals surface area (Å²) in [4.78, 5) is 26.1. The van der Waals surface area contributed by atoms with Crippen LogP contribution in [0, 0.1) is 0 Å². The molecule has 0 aliphatic rings. The fourth-order valence-corrected chi connectivity index (χ4v) is 3.59. The van der Waals surface area contributed by atoms with Gasteiger partial charge in [0.1, 0.15) is 4.75 Å². The second kappa shape index (κ2) is 5.80. The summed E-state index contributed by atoms with van der Waals surface area (Å²) in [5.74, 6) is -1.29. The van der Waals surface area contributed by atoms with Gasteiger partial charge in [0.25, 0.3) is 0 Å². The summed E-state index contributed by atoms with van der Waals surface area (Å²) in [6.45, 7) is 3.45. The molecule has 94 valence electrons. The van der Waals surface area contributed by atoms with Gasteiger partial charge in [-0.05, 0) is 13.8 Å². The lowest BCUT2D eigenvalue weighted by atomic mass is 10.2. The number of aliphatic carboxylic acids is 1. The smallest absolute Gasteiger partial charge is 0.324 e. The Kier molecular flexibility index (Phi) is 4.91. The van der Waals surface area contributed by atoms with Crippen molar-refractivity contribution in [2.75, 3.05) is 0 Å². The molecule has 0 aliphatic heterocycles. The highest BCUT2D eigenvalue weighted by atomic mass is 32.2. The van der Waals surface area contributed by atoms with Crippen LogP contribution < -0.4 is 0 Å². The summed E-state index contributed by atoms with van der Waals surface area (Å²) < 4.78 is 4.50. The SMILES string of the molecule is CC(C)(Sc1nc(CC(=O)O)cs1)C(=O)OP. The van der Waals surface area contributed by atoms with Crippen molar-refractivity contribution >= 4 is 44.5 Å². The molecule has 1 rings (SSSR count). The highest BCUT2D eigenvalue weighted by Gasteiger charge is 2.31. The lowest BCUT2D eigenvalue weighted by Gasteiger charge is -2.18. The monoisotopic (exact) mass is 293 g/mol. The number of thioether (sulfide) groups is 1. The summed E-state index contributed by atoms with van der Waals surface area (Å²) in [5, 5.41) is 10.3. The fourth-order valence-electron chi connectivity index (χ4n) is 0.973. The van der Waals surface area contributed by atoms with E-state index >= 15 is 0 Å². The molecule has 0 spiro atoms. The number of rotatable bonds is 5. The van der Waals surface area contributed by atoms with Crippen LogP contribution in [0.15, 0.2) is 9.72 Å². The van der Waals surface area contributed by atoms with Gasteiger partial charge in [0.2, 0.25) is 0 Å². The minimum atomic E-state index is -0.921. The van der Waals surface area contributed by atoms with Gasteiger partial charge in [-0.3, -0.25) is 9.59 Å². The number of carbonyl (C=O) groups is 2. The molecule has 1 N–H and O–H groups in total. The first-order chi connectivity index (χ1) is 7.85. The Bertz CT molecular complexity index is 432. The third-order valence-electron chi connectivity index (χ3n) is 1.80. The van der Waals surface area contributed by atoms with Crippen LogP contribution in [0.4, 0.5) is 0 Å². The van der Waals surface area contributed by atoms with Crippen molar-refractivity contribution in [3.8, 4) is 0 Å². The zero-order valence-electron chi connectivity index (χ0n) is 9.30. The van der Waals surface area contributed by atoms with Crippen LogP contribution in [0.25, 0.3) is 0 Å². The van der Waals surface area contributed by atoms with Crippen LogP contribution in [0.5, 0.6) is 0 Å². The first-order valence-electron chi connectivity index (χ1n) is 4.61. The number of nitrogens with zero attached hydrogens (tertiary/aromatic N) is 1. The van der Waals surface area contributed by atoms with Gasteiger partial charge in [0, 0.05) is 5.38 Å². The molecule has 0 fully saturated rings. The number of thiazole rings is 1. The Balaban J connectivity index is 2.72. The topological polar surface area (TPSA) is 76.5 Å². The molecule has 0 bridgehead atoms. The van der Waals surface area contributed by atoms with Crippen LogP contribution in [0.3, 0.4) is 0 Å². The van der Waals surface area contributed by atoms with Gasteiger partial charge in [-0.25, -0.2) is 4.98 Å². The predicted octanol–water partition coefficient (Wildman–Crippen LogP) is 1.97. The lowest BCUT2D eigenvalue weighted by molar-refractivity contribution is -0.136. The van der Waals surface area contributed by atoms with Crippen LogP contribution in [-0.2, 0) is 20.5 Å². The van der Waals surface area contributed by atoms with Gasteiger partial charge in [-0.1, -0.05) is 11.8 Å². The van der Waals surface area contributed by atoms with Gasteiger partial charge in [-0.15, -0.1) is 11.3 Å². The quantitative estimate of drug-likeness (QED) is 0.660. The molecule has 0 saturated heterocycles. The summed E-state index contributed by atoms with van der Waals surface area (Å²) in [5.41, 5.74) is 0.500. The Morgan fingerprint density at radius 3 is 2.82 bits per heavy atom. The average molecular weight is 293 g/mol. The van der Waals surface area contributed by atoms with Crippen molar-refractivity contribution in [3.05, 3.63) is 11.1 Å². The maximum Gasteiger partial charge on any atom is 0.324 e. The molecule has 0 radical (unpaired) electrons. The Morgan fingerprint density at radius 1 is 1.65 bits per heavy atom. The van der Waals surface area contributed by atoms with Crippen LogP contribution >= 0.6 is 32.6 Å². The number of carboxylic acids is 1. The van der Waals surface area contributed by atoms with E-state index in [-0.39, 0.29) is 12.4 Å². The zero-order chi connectivity index (χ0) is 13.1. The Morgan fingerprint density at radius 2 is 2.29 bits per heavy atom. The van der Waals surface area contributed by atoms with Gasteiger partial charge in [0.15, 0.2) is 4.34 Å². The van der Waals surface area contributed by atoms with E-state index < -0.39 is 10.7 Å². The molecule has 1 atom stereocenters. The van der Waals surface area contributed by atoms with Crippen molar-refractivity contribution in [2.24, 2.45) is 0 Å². The van der Waals surface area contributed by atoms with Crippen LogP contribution in [0.2, 0.25) is 0 Å². The second-order valence-electron chi connectivity index (χ2n) is 3.69. The van der Waals surface area contributed by atoms with E-state index in [4.69, 9.17) is 5.11 Å². The maximum absolute atomic E-state index is 11.4. The van der Waals surface area contributed by atoms with E-state index in [9.17, 15) is 9.59 Å². The van der Waals surface area contributed by atoms with Crippen molar-refractivity contribution in [3.63, 3.8) is 0 Å². The predicted molar refractivity (Wildman–Crippen MR) is 69.2 cm³/mol. The molecule has 1 unspecified atom stereocenters. The molecule has 0 amide bonds. The van der Waals surface area contributed by atoms with E-state index in [2.05, 4.69) is 9.51 Å². The molecule has 0 aromatic carbocycles. The first kappa shape index (κ1) is 14.4. The van der Waals surface area contributed by atoms with Crippen LogP contribution in [0.1, 0.15) is 19.5 Å². The fraction of sp³-hybridized carbons (Fsp3) is 0.444. The van der Waals surface area contributed by atoms with Crippen molar-refractivity contribution in [2.45, 2.75) is 29.4 Å². The Labute approximate surface area is 109 Å². The van der Waals surface area contributed by atoms with Gasteiger partial charge >= 0.3 is 11.9 Å². The molecule has 1 heterocycles. The number of carboxylic acid groups (broad SMARTS) is 1. The zero-order valence-corrected chi connectivity index (χ0v) is 12.1. The molecule has 5 nitrogen and oxygen atoms in total. The van der Waals surface area contributed by atoms with Gasteiger partial charge in [0.05, 0.1) is 21.6 Å². The third kappa shape index (κ3) is 4.26.